The maximum Gasteiger partial charge on any atom is 0.324 e. The van der Waals surface area contributed by atoms with Gasteiger partial charge in [0.15, 0.2) is 0 Å². The van der Waals surface area contributed by atoms with Crippen molar-refractivity contribution in [2.75, 3.05) is 19.6 Å². The first-order valence-electron chi connectivity index (χ1n) is 5.85. The molecule has 0 unspecified atom stereocenters. The maximum atomic E-state index is 11.8. The van der Waals surface area contributed by atoms with E-state index in [0.29, 0.717) is 13.1 Å². The van der Waals surface area contributed by atoms with Crippen LogP contribution in [0.3, 0.4) is 0 Å². The third kappa shape index (κ3) is 2.02. The SMILES string of the molecule is O=C(Cn1cncn1)N1CC(N2C(=O)CNC2=O)C1. The topological polar surface area (TPSA) is 100 Å². The number of urea groups is 1. The van der Waals surface area contributed by atoms with Gasteiger partial charge in [-0.25, -0.2) is 14.5 Å². The van der Waals surface area contributed by atoms with Crippen LogP contribution in [0, 0.1) is 0 Å². The molecule has 2 fully saturated rings. The normalized spacial score (nSPS) is 19.6. The molecule has 2 aliphatic heterocycles. The summed E-state index contributed by atoms with van der Waals surface area (Å²) in [5.74, 6) is -0.341. The van der Waals surface area contributed by atoms with Gasteiger partial charge in [-0.1, -0.05) is 0 Å². The van der Waals surface area contributed by atoms with Crippen molar-refractivity contribution in [2.24, 2.45) is 0 Å². The molecule has 100 valence electrons. The summed E-state index contributed by atoms with van der Waals surface area (Å²) in [6.07, 6.45) is 2.83. The predicted molar refractivity (Wildman–Crippen MR) is 60.6 cm³/mol. The summed E-state index contributed by atoms with van der Waals surface area (Å²) in [5, 5.41) is 6.31. The third-order valence-electron chi connectivity index (χ3n) is 3.22. The number of imide groups is 1. The van der Waals surface area contributed by atoms with E-state index < -0.39 is 0 Å². The molecule has 2 aliphatic rings. The first kappa shape index (κ1) is 11.6. The van der Waals surface area contributed by atoms with E-state index in [1.54, 1.807) is 4.90 Å². The third-order valence-corrected chi connectivity index (χ3v) is 3.22. The number of nitrogens with zero attached hydrogens (tertiary/aromatic N) is 5. The second-order valence-corrected chi connectivity index (χ2v) is 4.47. The van der Waals surface area contributed by atoms with Gasteiger partial charge in [0.2, 0.25) is 11.8 Å². The van der Waals surface area contributed by atoms with E-state index in [9.17, 15) is 14.4 Å². The van der Waals surface area contributed by atoms with E-state index in [2.05, 4.69) is 15.4 Å². The van der Waals surface area contributed by atoms with Crippen LogP contribution in [0.1, 0.15) is 0 Å². The number of aromatic nitrogens is 3. The first-order valence-corrected chi connectivity index (χ1v) is 5.85. The summed E-state index contributed by atoms with van der Waals surface area (Å²) in [5.41, 5.74) is 0. The Bertz CT molecular complexity index is 505. The van der Waals surface area contributed by atoms with Gasteiger partial charge in [0.25, 0.3) is 0 Å². The van der Waals surface area contributed by atoms with Crippen molar-refractivity contribution in [1.29, 1.82) is 0 Å². The fraction of sp³-hybridized carbons (Fsp3) is 0.500. The summed E-state index contributed by atoms with van der Waals surface area (Å²) in [4.78, 5) is 41.3. The molecule has 9 heteroatoms. The molecule has 0 bridgehead atoms. The van der Waals surface area contributed by atoms with Crippen molar-refractivity contribution in [3.05, 3.63) is 12.7 Å². The van der Waals surface area contributed by atoms with Gasteiger partial charge < -0.3 is 10.2 Å². The van der Waals surface area contributed by atoms with E-state index >= 15 is 0 Å². The zero-order valence-electron chi connectivity index (χ0n) is 10.0. The van der Waals surface area contributed by atoms with E-state index in [4.69, 9.17) is 0 Å². The van der Waals surface area contributed by atoms with Crippen LogP contribution in [0.2, 0.25) is 0 Å². The van der Waals surface area contributed by atoms with Crippen LogP contribution in [-0.2, 0) is 16.1 Å². The lowest BCUT2D eigenvalue weighted by Crippen LogP contribution is -2.63. The highest BCUT2D eigenvalue weighted by Crippen LogP contribution is 2.17. The lowest BCUT2D eigenvalue weighted by atomic mass is 10.1. The summed E-state index contributed by atoms with van der Waals surface area (Å²) < 4.78 is 1.43. The van der Waals surface area contributed by atoms with Crippen molar-refractivity contribution in [1.82, 2.24) is 29.9 Å². The Morgan fingerprint density at radius 3 is 2.79 bits per heavy atom. The van der Waals surface area contributed by atoms with E-state index in [1.807, 2.05) is 0 Å². The molecule has 0 radical (unpaired) electrons. The fourth-order valence-electron chi connectivity index (χ4n) is 2.18. The Labute approximate surface area is 108 Å². The van der Waals surface area contributed by atoms with Gasteiger partial charge in [0.1, 0.15) is 19.2 Å². The molecular formula is C10H12N6O3. The van der Waals surface area contributed by atoms with Crippen molar-refractivity contribution in [3.63, 3.8) is 0 Å². The highest BCUT2D eigenvalue weighted by molar-refractivity contribution is 6.02. The summed E-state index contributed by atoms with van der Waals surface area (Å²) in [6, 6.07) is -0.590. The molecule has 9 nitrogen and oxygen atoms in total. The predicted octanol–water partition coefficient (Wildman–Crippen LogP) is -1.96. The molecule has 1 aromatic rings. The van der Waals surface area contributed by atoms with Crippen LogP contribution in [0.25, 0.3) is 0 Å². The fourth-order valence-corrected chi connectivity index (χ4v) is 2.18. The largest absolute Gasteiger partial charge is 0.337 e. The van der Waals surface area contributed by atoms with E-state index in [1.165, 1.54) is 22.2 Å². The van der Waals surface area contributed by atoms with Gasteiger partial charge in [-0.3, -0.25) is 14.5 Å². The highest BCUT2D eigenvalue weighted by Gasteiger charge is 2.42. The number of rotatable bonds is 3. The van der Waals surface area contributed by atoms with Crippen LogP contribution in [0.15, 0.2) is 12.7 Å². The highest BCUT2D eigenvalue weighted by atomic mass is 16.2. The summed E-state index contributed by atoms with van der Waals surface area (Å²) in [6.45, 7) is 0.925. The molecular weight excluding hydrogens is 252 g/mol. The average Bonchev–Trinajstić information content (AvgIpc) is 2.91. The minimum Gasteiger partial charge on any atom is -0.337 e. The molecule has 1 aromatic heterocycles. The monoisotopic (exact) mass is 264 g/mol. The number of hydrogen-bond donors (Lipinski definition) is 1. The molecule has 0 aliphatic carbocycles. The first-order chi connectivity index (χ1) is 9.15. The second-order valence-electron chi connectivity index (χ2n) is 4.47. The Morgan fingerprint density at radius 2 is 2.21 bits per heavy atom. The van der Waals surface area contributed by atoms with Crippen molar-refractivity contribution >= 4 is 17.8 Å². The number of hydrogen-bond acceptors (Lipinski definition) is 5. The number of nitrogens with one attached hydrogen (secondary N) is 1. The average molecular weight is 264 g/mol. The number of carbonyl (C=O) groups excluding carboxylic acids is 3. The van der Waals surface area contributed by atoms with Crippen LogP contribution >= 0.6 is 0 Å². The molecule has 19 heavy (non-hydrogen) atoms. The zero-order valence-corrected chi connectivity index (χ0v) is 10.0. The van der Waals surface area contributed by atoms with E-state index in [-0.39, 0.29) is 37.0 Å². The number of carbonyl (C=O) groups is 3. The second kappa shape index (κ2) is 4.34. The minimum absolute atomic E-state index is 0.0439. The molecule has 0 spiro atoms. The maximum absolute atomic E-state index is 11.8. The zero-order chi connectivity index (χ0) is 13.4. The van der Waals surface area contributed by atoms with Gasteiger partial charge in [0, 0.05) is 13.1 Å². The van der Waals surface area contributed by atoms with E-state index in [0.717, 1.165) is 0 Å². The van der Waals surface area contributed by atoms with Crippen molar-refractivity contribution in [2.45, 2.75) is 12.6 Å². The van der Waals surface area contributed by atoms with Gasteiger partial charge in [-0.15, -0.1) is 0 Å². The van der Waals surface area contributed by atoms with Crippen molar-refractivity contribution in [3.8, 4) is 0 Å². The van der Waals surface area contributed by atoms with Crippen LogP contribution in [-0.4, -0.2) is 68.1 Å². The quantitative estimate of drug-likeness (QED) is 0.639. The van der Waals surface area contributed by atoms with Gasteiger partial charge in [-0.05, 0) is 0 Å². The molecule has 4 amide bonds. The van der Waals surface area contributed by atoms with Crippen LogP contribution in [0.5, 0.6) is 0 Å². The van der Waals surface area contributed by atoms with Crippen molar-refractivity contribution < 1.29 is 14.4 Å². The molecule has 0 aromatic carbocycles. The number of amides is 4. The Hall–Kier alpha value is -2.45. The number of likely N-dealkylation sites (tertiary alicyclic amines) is 1. The Kier molecular flexibility index (Phi) is 2.65. The summed E-state index contributed by atoms with van der Waals surface area (Å²) in [7, 11) is 0. The van der Waals surface area contributed by atoms with Gasteiger partial charge in [0.05, 0.1) is 12.6 Å². The minimum atomic E-state index is -0.377. The summed E-state index contributed by atoms with van der Waals surface area (Å²) >= 11 is 0. The Balaban J connectivity index is 1.54. The molecule has 1 N–H and O–H groups in total. The molecule has 3 rings (SSSR count). The molecule has 2 saturated heterocycles. The standard InChI is InChI=1S/C10H12N6O3/c17-8-1-12-10(19)16(8)7-2-14(3-7)9(18)4-15-6-11-5-13-15/h5-7H,1-4H2,(H,12,19). The Morgan fingerprint density at radius 1 is 1.42 bits per heavy atom. The molecule has 0 atom stereocenters. The lowest BCUT2D eigenvalue weighted by Gasteiger charge is -2.42. The van der Waals surface area contributed by atoms with Crippen LogP contribution < -0.4 is 5.32 Å². The molecule has 3 heterocycles. The van der Waals surface area contributed by atoms with Crippen LogP contribution in [0.4, 0.5) is 4.79 Å². The smallest absolute Gasteiger partial charge is 0.324 e. The molecule has 0 saturated carbocycles. The lowest BCUT2D eigenvalue weighted by molar-refractivity contribution is -0.142. The van der Waals surface area contributed by atoms with Gasteiger partial charge >= 0.3 is 6.03 Å². The van der Waals surface area contributed by atoms with Gasteiger partial charge in [-0.2, -0.15) is 5.10 Å².